The predicted octanol–water partition coefficient (Wildman–Crippen LogP) is 3.46. The molecule has 0 spiro atoms. The van der Waals surface area contributed by atoms with Gasteiger partial charge in [-0.2, -0.15) is 0 Å². The highest BCUT2D eigenvalue weighted by molar-refractivity contribution is 14.0. The first-order valence-corrected chi connectivity index (χ1v) is 10.2. The van der Waals surface area contributed by atoms with E-state index < -0.39 is 5.91 Å². The average Bonchev–Trinajstić information content (AvgIpc) is 2.79. The van der Waals surface area contributed by atoms with E-state index in [0.717, 1.165) is 24.3 Å². The fraction of sp³-hybridized carbons (Fsp3) is 0.250. The number of rotatable bonds is 10. The van der Waals surface area contributed by atoms with Gasteiger partial charge in [0.25, 0.3) is 5.91 Å². The number of hydrogen-bond acceptors (Lipinski definition) is 4. The summed E-state index contributed by atoms with van der Waals surface area (Å²) in [6.45, 7) is 1.78. The maximum Gasteiger partial charge on any atom is 0.255 e. The highest BCUT2D eigenvalue weighted by atomic mass is 127. The molecule has 0 heterocycles. The largest absolute Gasteiger partial charge is 0.494 e. The quantitative estimate of drug-likeness (QED) is 0.156. The molecular formula is C24H29IN4O3. The van der Waals surface area contributed by atoms with Gasteiger partial charge in [-0.3, -0.25) is 9.79 Å². The lowest BCUT2D eigenvalue weighted by Crippen LogP contribution is -2.37. The van der Waals surface area contributed by atoms with Crippen LogP contribution < -0.4 is 25.8 Å². The summed E-state index contributed by atoms with van der Waals surface area (Å²) in [5.41, 5.74) is 6.11. The van der Waals surface area contributed by atoms with Gasteiger partial charge in [0.1, 0.15) is 11.5 Å². The number of guanidine groups is 1. The molecule has 32 heavy (non-hydrogen) atoms. The Morgan fingerprint density at radius 3 is 2.50 bits per heavy atom. The summed E-state index contributed by atoms with van der Waals surface area (Å²) < 4.78 is 11.2. The van der Waals surface area contributed by atoms with Crippen LogP contribution in [0.3, 0.4) is 0 Å². The third-order valence-corrected chi connectivity index (χ3v) is 4.57. The Kier molecular flexibility index (Phi) is 10.6. The fourth-order valence-corrected chi connectivity index (χ4v) is 3.03. The molecular weight excluding hydrogens is 519 g/mol. The Morgan fingerprint density at radius 1 is 0.938 bits per heavy atom. The minimum Gasteiger partial charge on any atom is -0.494 e. The molecule has 7 nitrogen and oxygen atoms in total. The number of nitrogens with one attached hydrogen (secondary N) is 2. The molecule has 170 valence electrons. The Hall–Kier alpha value is -3.01. The molecule has 3 aromatic rings. The highest BCUT2D eigenvalue weighted by Gasteiger charge is 2.02. The number of fused-ring (bicyclic) bond motifs is 1. The topological polar surface area (TPSA) is 98.0 Å². The second kappa shape index (κ2) is 13.4. The molecule has 3 aromatic carbocycles. The van der Waals surface area contributed by atoms with Gasteiger partial charge < -0.3 is 25.8 Å². The number of aliphatic imine (C=N–C) groups is 1. The molecule has 0 aliphatic rings. The second-order valence-corrected chi connectivity index (χ2v) is 6.97. The van der Waals surface area contributed by atoms with Crippen molar-refractivity contribution in [1.82, 2.24) is 10.6 Å². The SMILES string of the molecule is CN=C(NCCCOc1ccc2ccccc2c1)NCc1cccc(OCC(N)=O)c1.I. The Labute approximate surface area is 205 Å². The monoisotopic (exact) mass is 548 g/mol. The summed E-state index contributed by atoms with van der Waals surface area (Å²) in [5, 5.41) is 8.91. The Bertz CT molecular complexity index is 1040. The number of primary amides is 1. The van der Waals surface area contributed by atoms with E-state index in [9.17, 15) is 4.79 Å². The standard InChI is InChI=1S/C24H28N4O3.HI/c1-26-24(28-16-18-6-4-9-21(14-18)31-17-23(25)29)27-12-5-13-30-22-11-10-19-7-2-3-8-20(19)15-22;/h2-4,6-11,14-15H,5,12-13,16-17H2,1H3,(H2,25,29)(H2,26,27,28);1H. The third-order valence-electron chi connectivity index (χ3n) is 4.57. The van der Waals surface area contributed by atoms with Crippen molar-refractivity contribution in [1.29, 1.82) is 0 Å². The zero-order valence-electron chi connectivity index (χ0n) is 18.0. The number of nitrogens with zero attached hydrogens (tertiary/aromatic N) is 1. The van der Waals surface area contributed by atoms with E-state index in [4.69, 9.17) is 15.2 Å². The van der Waals surface area contributed by atoms with Crippen molar-refractivity contribution in [2.24, 2.45) is 10.7 Å². The van der Waals surface area contributed by atoms with Gasteiger partial charge >= 0.3 is 0 Å². The molecule has 0 aliphatic heterocycles. The van der Waals surface area contributed by atoms with Gasteiger partial charge in [0.05, 0.1) is 6.61 Å². The van der Waals surface area contributed by atoms with Gasteiger partial charge in [0.15, 0.2) is 12.6 Å². The van der Waals surface area contributed by atoms with Crippen LogP contribution in [0.4, 0.5) is 0 Å². The van der Waals surface area contributed by atoms with Crippen molar-refractivity contribution in [2.75, 3.05) is 26.8 Å². The fourth-order valence-electron chi connectivity index (χ4n) is 3.03. The van der Waals surface area contributed by atoms with Gasteiger partial charge in [0.2, 0.25) is 0 Å². The van der Waals surface area contributed by atoms with Crippen LogP contribution in [0.5, 0.6) is 11.5 Å². The molecule has 0 saturated carbocycles. The van der Waals surface area contributed by atoms with Crippen molar-refractivity contribution >= 4 is 46.6 Å². The van der Waals surface area contributed by atoms with Gasteiger partial charge in [-0.05, 0) is 47.0 Å². The summed E-state index contributed by atoms with van der Waals surface area (Å²) in [7, 11) is 1.73. The molecule has 1 amide bonds. The van der Waals surface area contributed by atoms with E-state index in [2.05, 4.69) is 39.9 Å². The Balaban J connectivity index is 0.00000363. The molecule has 8 heteroatoms. The van der Waals surface area contributed by atoms with E-state index in [0.29, 0.717) is 24.9 Å². The lowest BCUT2D eigenvalue weighted by atomic mass is 10.1. The van der Waals surface area contributed by atoms with Crippen LogP contribution in [0.1, 0.15) is 12.0 Å². The van der Waals surface area contributed by atoms with E-state index in [-0.39, 0.29) is 30.6 Å². The summed E-state index contributed by atoms with van der Waals surface area (Å²) in [6, 6.07) is 21.8. The normalized spacial score (nSPS) is 10.8. The van der Waals surface area contributed by atoms with Crippen LogP contribution in [-0.4, -0.2) is 38.7 Å². The number of carbonyl (C=O) groups is 1. The number of hydrogen-bond donors (Lipinski definition) is 3. The maximum atomic E-state index is 10.8. The van der Waals surface area contributed by atoms with Crippen molar-refractivity contribution in [3.05, 3.63) is 72.3 Å². The minimum absolute atomic E-state index is 0. The van der Waals surface area contributed by atoms with E-state index in [1.165, 1.54) is 10.8 Å². The molecule has 3 rings (SSSR count). The van der Waals surface area contributed by atoms with Crippen LogP contribution in [0.2, 0.25) is 0 Å². The van der Waals surface area contributed by atoms with Gasteiger partial charge in [0, 0.05) is 20.1 Å². The summed E-state index contributed by atoms with van der Waals surface area (Å²) >= 11 is 0. The zero-order chi connectivity index (χ0) is 21.9. The molecule has 0 atom stereocenters. The van der Waals surface area contributed by atoms with E-state index in [1.54, 1.807) is 13.1 Å². The zero-order valence-corrected chi connectivity index (χ0v) is 20.4. The van der Waals surface area contributed by atoms with Crippen LogP contribution in [0.25, 0.3) is 10.8 Å². The second-order valence-electron chi connectivity index (χ2n) is 6.97. The minimum atomic E-state index is -0.502. The van der Waals surface area contributed by atoms with Crippen molar-refractivity contribution in [2.45, 2.75) is 13.0 Å². The Morgan fingerprint density at radius 2 is 1.72 bits per heavy atom. The van der Waals surface area contributed by atoms with E-state index >= 15 is 0 Å². The van der Waals surface area contributed by atoms with Crippen LogP contribution in [0.15, 0.2) is 71.7 Å². The third kappa shape index (κ3) is 8.26. The first-order chi connectivity index (χ1) is 15.1. The average molecular weight is 548 g/mol. The number of benzene rings is 3. The van der Waals surface area contributed by atoms with Gasteiger partial charge in [-0.25, -0.2) is 0 Å². The maximum absolute atomic E-state index is 10.8. The van der Waals surface area contributed by atoms with Crippen molar-refractivity contribution in [3.8, 4) is 11.5 Å². The number of carbonyl (C=O) groups excluding carboxylic acids is 1. The number of nitrogens with two attached hydrogens (primary N) is 1. The van der Waals surface area contributed by atoms with Gasteiger partial charge in [-0.1, -0.05) is 42.5 Å². The molecule has 0 unspecified atom stereocenters. The van der Waals surface area contributed by atoms with Crippen molar-refractivity contribution < 1.29 is 14.3 Å². The smallest absolute Gasteiger partial charge is 0.255 e. The van der Waals surface area contributed by atoms with E-state index in [1.807, 2.05) is 36.4 Å². The number of amides is 1. The van der Waals surface area contributed by atoms with Crippen LogP contribution in [0, 0.1) is 0 Å². The summed E-state index contributed by atoms with van der Waals surface area (Å²) in [5.74, 6) is 1.68. The molecule has 0 aliphatic carbocycles. The molecule has 0 saturated heterocycles. The lowest BCUT2D eigenvalue weighted by molar-refractivity contribution is -0.119. The summed E-state index contributed by atoms with van der Waals surface area (Å²) in [4.78, 5) is 15.1. The predicted molar refractivity (Wildman–Crippen MR) is 139 cm³/mol. The highest BCUT2D eigenvalue weighted by Crippen LogP contribution is 2.20. The van der Waals surface area contributed by atoms with Crippen LogP contribution in [-0.2, 0) is 11.3 Å². The molecule has 0 fully saturated rings. The molecule has 0 aromatic heterocycles. The first kappa shape index (κ1) is 25.3. The molecule has 0 bridgehead atoms. The first-order valence-electron chi connectivity index (χ1n) is 10.2. The molecule has 4 N–H and O–H groups in total. The van der Waals surface area contributed by atoms with Crippen LogP contribution >= 0.6 is 24.0 Å². The number of halogens is 1. The van der Waals surface area contributed by atoms with Crippen molar-refractivity contribution in [3.63, 3.8) is 0 Å². The number of ether oxygens (including phenoxy) is 2. The lowest BCUT2D eigenvalue weighted by Gasteiger charge is -2.13. The summed E-state index contributed by atoms with van der Waals surface area (Å²) in [6.07, 6.45) is 0.837. The molecule has 0 radical (unpaired) electrons. The van der Waals surface area contributed by atoms with Gasteiger partial charge in [-0.15, -0.1) is 24.0 Å².